The van der Waals surface area contributed by atoms with Crippen LogP contribution in [0, 0.1) is 5.92 Å². The molecule has 0 aliphatic carbocycles. The first-order valence-electron chi connectivity index (χ1n) is 6.73. The molecule has 0 saturated heterocycles. The highest BCUT2D eigenvalue weighted by Gasteiger charge is 2.24. The summed E-state index contributed by atoms with van der Waals surface area (Å²) in [5.74, 6) is -2.12. The van der Waals surface area contributed by atoms with E-state index in [0.29, 0.717) is 0 Å². The second kappa shape index (κ2) is 9.35. The molecular weight excluding hydrogens is 248 g/mol. The Hall–Kier alpha value is -1.59. The minimum Gasteiger partial charge on any atom is -0.480 e. The zero-order valence-corrected chi connectivity index (χ0v) is 11.6. The summed E-state index contributed by atoms with van der Waals surface area (Å²) in [5.41, 5.74) is 4.98. The van der Waals surface area contributed by atoms with Gasteiger partial charge in [0.05, 0.1) is 0 Å². The minimum absolute atomic E-state index is 0.0291. The maximum Gasteiger partial charge on any atom is 0.326 e. The van der Waals surface area contributed by atoms with Gasteiger partial charge >= 0.3 is 5.97 Å². The summed E-state index contributed by atoms with van der Waals surface area (Å²) >= 11 is 0. The van der Waals surface area contributed by atoms with Crippen LogP contribution in [0.25, 0.3) is 0 Å². The van der Waals surface area contributed by atoms with Crippen LogP contribution >= 0.6 is 0 Å². The van der Waals surface area contributed by atoms with Gasteiger partial charge in [-0.15, -0.1) is 0 Å². The molecule has 2 amide bonds. The Morgan fingerprint density at radius 2 is 1.63 bits per heavy atom. The number of nitrogens with one attached hydrogen (secondary N) is 1. The number of hydrogen-bond acceptors (Lipinski definition) is 3. The highest BCUT2D eigenvalue weighted by molar-refractivity contribution is 5.85. The van der Waals surface area contributed by atoms with Crippen molar-refractivity contribution in [2.75, 3.05) is 0 Å². The Bertz CT molecular complexity index is 312. The van der Waals surface area contributed by atoms with E-state index < -0.39 is 17.9 Å². The van der Waals surface area contributed by atoms with Gasteiger partial charge in [0.15, 0.2) is 0 Å². The van der Waals surface area contributed by atoms with Crippen molar-refractivity contribution in [1.82, 2.24) is 5.32 Å². The van der Waals surface area contributed by atoms with E-state index in [-0.39, 0.29) is 24.7 Å². The standard InChI is InChI=1S/C13H24N2O4/c1-3-5-9(6-4-2)12(17)15-10(13(18)19)7-8-11(14)16/h9-10H,3-8H2,1-2H3,(H2,14,16)(H,15,17)(H,18,19). The van der Waals surface area contributed by atoms with Gasteiger partial charge in [-0.05, 0) is 19.3 Å². The van der Waals surface area contributed by atoms with Crippen LogP contribution in [0.4, 0.5) is 0 Å². The van der Waals surface area contributed by atoms with Crippen LogP contribution in [0.3, 0.4) is 0 Å². The van der Waals surface area contributed by atoms with E-state index in [1.54, 1.807) is 0 Å². The smallest absolute Gasteiger partial charge is 0.326 e. The lowest BCUT2D eigenvalue weighted by atomic mass is 9.96. The Kier molecular flexibility index (Phi) is 8.57. The topological polar surface area (TPSA) is 109 Å². The lowest BCUT2D eigenvalue weighted by molar-refractivity contribution is -0.142. The predicted molar refractivity (Wildman–Crippen MR) is 71.3 cm³/mol. The zero-order chi connectivity index (χ0) is 14.8. The Balaban J connectivity index is 4.49. The number of primary amides is 1. The van der Waals surface area contributed by atoms with Crippen molar-refractivity contribution < 1.29 is 19.5 Å². The lowest BCUT2D eigenvalue weighted by Gasteiger charge is -2.19. The third-order valence-electron chi connectivity index (χ3n) is 2.94. The van der Waals surface area contributed by atoms with Crippen LogP contribution in [-0.4, -0.2) is 28.9 Å². The third-order valence-corrected chi connectivity index (χ3v) is 2.94. The molecule has 0 spiro atoms. The predicted octanol–water partition coefficient (Wildman–Crippen LogP) is 1.04. The molecule has 0 rings (SSSR count). The number of carbonyl (C=O) groups excluding carboxylic acids is 2. The fourth-order valence-electron chi connectivity index (χ4n) is 1.94. The molecule has 0 bridgehead atoms. The minimum atomic E-state index is -1.14. The fourth-order valence-corrected chi connectivity index (χ4v) is 1.94. The van der Waals surface area contributed by atoms with Gasteiger partial charge in [0.1, 0.15) is 6.04 Å². The number of carboxylic acid groups (broad SMARTS) is 1. The molecule has 6 heteroatoms. The molecule has 1 unspecified atom stereocenters. The molecule has 0 aliphatic heterocycles. The van der Waals surface area contributed by atoms with E-state index in [1.165, 1.54) is 0 Å². The number of carboxylic acids is 1. The Morgan fingerprint density at radius 1 is 1.11 bits per heavy atom. The molecule has 0 aromatic heterocycles. The van der Waals surface area contributed by atoms with Crippen molar-refractivity contribution in [2.24, 2.45) is 11.7 Å². The van der Waals surface area contributed by atoms with E-state index in [9.17, 15) is 14.4 Å². The number of carbonyl (C=O) groups is 3. The first-order valence-corrected chi connectivity index (χ1v) is 6.73. The summed E-state index contributed by atoms with van der Waals surface area (Å²) in [6.07, 6.45) is 3.20. The number of rotatable bonds is 10. The van der Waals surface area contributed by atoms with Crippen LogP contribution in [0.2, 0.25) is 0 Å². The molecule has 0 radical (unpaired) electrons. The Morgan fingerprint density at radius 3 is 2.00 bits per heavy atom. The average Bonchev–Trinajstić information content (AvgIpc) is 2.33. The fraction of sp³-hybridized carbons (Fsp3) is 0.769. The van der Waals surface area contributed by atoms with Gasteiger partial charge in [-0.2, -0.15) is 0 Å². The van der Waals surface area contributed by atoms with Crippen molar-refractivity contribution >= 4 is 17.8 Å². The second-order valence-corrected chi connectivity index (χ2v) is 4.68. The van der Waals surface area contributed by atoms with Crippen molar-refractivity contribution in [1.29, 1.82) is 0 Å². The van der Waals surface area contributed by atoms with Gasteiger partial charge in [0.2, 0.25) is 11.8 Å². The highest BCUT2D eigenvalue weighted by Crippen LogP contribution is 2.14. The van der Waals surface area contributed by atoms with Crippen molar-refractivity contribution in [3.8, 4) is 0 Å². The summed E-state index contributed by atoms with van der Waals surface area (Å²) in [4.78, 5) is 33.7. The van der Waals surface area contributed by atoms with Crippen LogP contribution < -0.4 is 11.1 Å². The number of amides is 2. The van der Waals surface area contributed by atoms with Crippen LogP contribution in [0.5, 0.6) is 0 Å². The summed E-state index contributed by atoms with van der Waals surface area (Å²) in [7, 11) is 0. The lowest BCUT2D eigenvalue weighted by Crippen LogP contribution is -2.44. The molecule has 0 fully saturated rings. The van der Waals surface area contributed by atoms with E-state index in [1.807, 2.05) is 13.8 Å². The monoisotopic (exact) mass is 272 g/mol. The van der Waals surface area contributed by atoms with E-state index in [0.717, 1.165) is 25.7 Å². The molecule has 0 aromatic rings. The van der Waals surface area contributed by atoms with Gasteiger partial charge in [0, 0.05) is 12.3 Å². The zero-order valence-electron chi connectivity index (χ0n) is 11.6. The van der Waals surface area contributed by atoms with Gasteiger partial charge < -0.3 is 16.2 Å². The van der Waals surface area contributed by atoms with Gasteiger partial charge in [0.25, 0.3) is 0 Å². The highest BCUT2D eigenvalue weighted by atomic mass is 16.4. The molecule has 0 heterocycles. The maximum absolute atomic E-state index is 12.0. The van der Waals surface area contributed by atoms with E-state index in [4.69, 9.17) is 10.8 Å². The normalized spacial score (nSPS) is 12.2. The van der Waals surface area contributed by atoms with E-state index in [2.05, 4.69) is 5.32 Å². The largest absolute Gasteiger partial charge is 0.480 e. The molecule has 0 aromatic carbocycles. The molecule has 6 nitrogen and oxygen atoms in total. The molecular formula is C13H24N2O4. The molecule has 19 heavy (non-hydrogen) atoms. The summed E-state index contributed by atoms with van der Waals surface area (Å²) < 4.78 is 0. The molecule has 0 saturated carbocycles. The van der Waals surface area contributed by atoms with Gasteiger partial charge in [-0.3, -0.25) is 9.59 Å². The van der Waals surface area contributed by atoms with Gasteiger partial charge in [-0.25, -0.2) is 4.79 Å². The maximum atomic E-state index is 12.0. The summed E-state index contributed by atoms with van der Waals surface area (Å²) in [6.45, 7) is 3.97. The quantitative estimate of drug-likeness (QED) is 0.552. The van der Waals surface area contributed by atoms with Crippen molar-refractivity contribution in [3.63, 3.8) is 0 Å². The van der Waals surface area contributed by atoms with E-state index >= 15 is 0 Å². The second-order valence-electron chi connectivity index (χ2n) is 4.68. The van der Waals surface area contributed by atoms with Gasteiger partial charge in [-0.1, -0.05) is 26.7 Å². The van der Waals surface area contributed by atoms with Crippen LogP contribution in [-0.2, 0) is 14.4 Å². The summed E-state index contributed by atoms with van der Waals surface area (Å²) in [6, 6.07) is -1.05. The molecule has 1 atom stereocenters. The average molecular weight is 272 g/mol. The molecule has 0 aliphatic rings. The SMILES string of the molecule is CCCC(CCC)C(=O)NC(CCC(N)=O)C(=O)O. The first-order chi connectivity index (χ1) is 8.92. The summed E-state index contributed by atoms with van der Waals surface area (Å²) in [5, 5.41) is 11.5. The van der Waals surface area contributed by atoms with Crippen molar-refractivity contribution in [3.05, 3.63) is 0 Å². The van der Waals surface area contributed by atoms with Crippen LogP contribution in [0.15, 0.2) is 0 Å². The number of hydrogen-bond donors (Lipinski definition) is 3. The third kappa shape index (κ3) is 7.43. The van der Waals surface area contributed by atoms with Crippen molar-refractivity contribution in [2.45, 2.75) is 58.4 Å². The van der Waals surface area contributed by atoms with Crippen LogP contribution in [0.1, 0.15) is 52.4 Å². The first kappa shape index (κ1) is 17.4. The Labute approximate surface area is 113 Å². The molecule has 4 N–H and O–H groups in total. The number of aliphatic carboxylic acids is 1. The molecule has 110 valence electrons. The number of nitrogens with two attached hydrogens (primary N) is 1.